The highest BCUT2D eigenvalue weighted by Crippen LogP contribution is 2.28. The standard InChI is InChI=1S/C10H8BrF3O3/c1-2-16-9(15)7-4-3-6(5-8(7)11)17-10(12,13)14/h3-5H,2H2,1H3. The Morgan fingerprint density at radius 1 is 1.41 bits per heavy atom. The normalized spacial score (nSPS) is 11.1. The molecule has 0 aliphatic carbocycles. The third-order valence-corrected chi connectivity index (χ3v) is 2.33. The average molecular weight is 313 g/mol. The Morgan fingerprint density at radius 3 is 2.53 bits per heavy atom. The number of hydrogen-bond donors (Lipinski definition) is 0. The fourth-order valence-corrected chi connectivity index (χ4v) is 1.59. The summed E-state index contributed by atoms with van der Waals surface area (Å²) in [5, 5.41) is 0. The number of ether oxygens (including phenoxy) is 2. The minimum Gasteiger partial charge on any atom is -0.462 e. The molecule has 7 heteroatoms. The maximum atomic E-state index is 11.9. The van der Waals surface area contributed by atoms with E-state index in [2.05, 4.69) is 20.7 Å². The molecule has 1 aromatic rings. The molecule has 1 aromatic carbocycles. The molecule has 0 saturated carbocycles. The number of hydrogen-bond acceptors (Lipinski definition) is 3. The fraction of sp³-hybridized carbons (Fsp3) is 0.300. The van der Waals surface area contributed by atoms with Crippen molar-refractivity contribution < 1.29 is 27.4 Å². The first-order valence-corrected chi connectivity index (χ1v) is 5.35. The highest BCUT2D eigenvalue weighted by Gasteiger charge is 2.31. The molecular formula is C10H8BrF3O3. The third-order valence-electron chi connectivity index (χ3n) is 1.67. The second kappa shape index (κ2) is 5.39. The molecule has 0 amide bonds. The van der Waals surface area contributed by atoms with Crippen molar-refractivity contribution in [3.63, 3.8) is 0 Å². The Hall–Kier alpha value is -1.24. The Labute approximate surface area is 104 Å². The van der Waals surface area contributed by atoms with Gasteiger partial charge < -0.3 is 9.47 Å². The largest absolute Gasteiger partial charge is 0.573 e. The lowest BCUT2D eigenvalue weighted by atomic mass is 10.2. The van der Waals surface area contributed by atoms with Crippen LogP contribution in [0, 0.1) is 0 Å². The maximum absolute atomic E-state index is 11.9. The lowest BCUT2D eigenvalue weighted by Gasteiger charge is -2.10. The lowest BCUT2D eigenvalue weighted by Crippen LogP contribution is -2.17. The van der Waals surface area contributed by atoms with E-state index in [0.29, 0.717) is 0 Å². The molecule has 0 aliphatic rings. The lowest BCUT2D eigenvalue weighted by molar-refractivity contribution is -0.274. The van der Waals surface area contributed by atoms with E-state index in [4.69, 9.17) is 4.74 Å². The van der Waals surface area contributed by atoms with E-state index < -0.39 is 18.1 Å². The zero-order chi connectivity index (χ0) is 13.1. The highest BCUT2D eigenvalue weighted by atomic mass is 79.9. The summed E-state index contributed by atoms with van der Waals surface area (Å²) in [4.78, 5) is 11.3. The number of benzene rings is 1. The molecule has 0 atom stereocenters. The summed E-state index contributed by atoms with van der Waals surface area (Å²) in [6, 6.07) is 3.30. The molecule has 0 bridgehead atoms. The molecule has 0 spiro atoms. The van der Waals surface area contributed by atoms with Crippen LogP contribution in [-0.4, -0.2) is 18.9 Å². The van der Waals surface area contributed by atoms with Crippen molar-refractivity contribution in [3.05, 3.63) is 28.2 Å². The van der Waals surface area contributed by atoms with E-state index in [0.717, 1.165) is 12.1 Å². The third kappa shape index (κ3) is 4.26. The van der Waals surface area contributed by atoms with Crippen LogP contribution in [0.2, 0.25) is 0 Å². The van der Waals surface area contributed by atoms with Crippen molar-refractivity contribution in [1.82, 2.24) is 0 Å². The van der Waals surface area contributed by atoms with Crippen LogP contribution in [0.15, 0.2) is 22.7 Å². The molecule has 1 rings (SSSR count). The van der Waals surface area contributed by atoms with Crippen molar-refractivity contribution >= 4 is 21.9 Å². The van der Waals surface area contributed by atoms with Crippen LogP contribution in [0.1, 0.15) is 17.3 Å². The van der Waals surface area contributed by atoms with Crippen LogP contribution < -0.4 is 4.74 Å². The van der Waals surface area contributed by atoms with Crippen LogP contribution in [0.3, 0.4) is 0 Å². The van der Waals surface area contributed by atoms with Crippen LogP contribution in [-0.2, 0) is 4.74 Å². The molecule has 0 fully saturated rings. The molecular weight excluding hydrogens is 305 g/mol. The van der Waals surface area contributed by atoms with Crippen molar-refractivity contribution in [2.75, 3.05) is 6.61 Å². The summed E-state index contributed by atoms with van der Waals surface area (Å²) in [6.07, 6.45) is -4.76. The Morgan fingerprint density at radius 2 is 2.06 bits per heavy atom. The molecule has 94 valence electrons. The van der Waals surface area contributed by atoms with Crippen molar-refractivity contribution in [3.8, 4) is 5.75 Å². The summed E-state index contributed by atoms with van der Waals surface area (Å²) in [5.74, 6) is -1.02. The molecule has 0 saturated heterocycles. The summed E-state index contributed by atoms with van der Waals surface area (Å²) >= 11 is 2.98. The van der Waals surface area contributed by atoms with E-state index in [1.807, 2.05) is 0 Å². The molecule has 0 aromatic heterocycles. The minimum absolute atomic E-state index is 0.140. The van der Waals surface area contributed by atoms with Gasteiger partial charge >= 0.3 is 12.3 Å². The monoisotopic (exact) mass is 312 g/mol. The smallest absolute Gasteiger partial charge is 0.462 e. The molecule has 0 N–H and O–H groups in total. The molecule has 3 nitrogen and oxygen atoms in total. The Kier molecular flexibility index (Phi) is 4.39. The van der Waals surface area contributed by atoms with Crippen molar-refractivity contribution in [2.24, 2.45) is 0 Å². The summed E-state index contributed by atoms with van der Waals surface area (Å²) in [6.45, 7) is 1.82. The van der Waals surface area contributed by atoms with Crippen molar-refractivity contribution in [1.29, 1.82) is 0 Å². The van der Waals surface area contributed by atoms with Gasteiger partial charge in [0.2, 0.25) is 0 Å². The van der Waals surface area contributed by atoms with Crippen LogP contribution in [0.25, 0.3) is 0 Å². The van der Waals surface area contributed by atoms with E-state index in [1.54, 1.807) is 6.92 Å². The van der Waals surface area contributed by atoms with Gasteiger partial charge in [0.05, 0.1) is 12.2 Å². The van der Waals surface area contributed by atoms with Gasteiger partial charge in [-0.1, -0.05) is 0 Å². The Balaban J connectivity index is 2.90. The van der Waals surface area contributed by atoms with Gasteiger partial charge in [0.1, 0.15) is 5.75 Å². The topological polar surface area (TPSA) is 35.5 Å². The number of carbonyl (C=O) groups excluding carboxylic acids is 1. The first-order chi connectivity index (χ1) is 7.83. The summed E-state index contributed by atoms with van der Waals surface area (Å²) in [7, 11) is 0. The summed E-state index contributed by atoms with van der Waals surface area (Å²) < 4.78 is 44.4. The van der Waals surface area contributed by atoms with E-state index in [-0.39, 0.29) is 16.6 Å². The second-order valence-electron chi connectivity index (χ2n) is 2.91. The van der Waals surface area contributed by atoms with Gasteiger partial charge in [-0.2, -0.15) is 0 Å². The van der Waals surface area contributed by atoms with Gasteiger partial charge in [0.25, 0.3) is 0 Å². The average Bonchev–Trinajstić information content (AvgIpc) is 2.15. The first kappa shape index (κ1) is 13.8. The van der Waals surface area contributed by atoms with Gasteiger partial charge in [0.15, 0.2) is 0 Å². The summed E-state index contributed by atoms with van der Waals surface area (Å²) in [5.41, 5.74) is 0.140. The van der Waals surface area contributed by atoms with Crippen LogP contribution in [0.5, 0.6) is 5.75 Å². The Bertz CT molecular complexity index is 418. The molecule has 0 heterocycles. The zero-order valence-electron chi connectivity index (χ0n) is 8.68. The fourth-order valence-electron chi connectivity index (χ4n) is 1.07. The zero-order valence-corrected chi connectivity index (χ0v) is 10.3. The van der Waals surface area contributed by atoms with Gasteiger partial charge in [-0.25, -0.2) is 4.79 Å². The molecule has 17 heavy (non-hydrogen) atoms. The number of carbonyl (C=O) groups is 1. The van der Waals surface area contributed by atoms with Crippen LogP contribution in [0.4, 0.5) is 13.2 Å². The van der Waals surface area contributed by atoms with E-state index in [1.165, 1.54) is 6.07 Å². The number of esters is 1. The van der Waals surface area contributed by atoms with Crippen LogP contribution >= 0.6 is 15.9 Å². The van der Waals surface area contributed by atoms with Gasteiger partial charge in [0, 0.05) is 4.47 Å². The van der Waals surface area contributed by atoms with Gasteiger partial charge in [-0.05, 0) is 41.1 Å². The maximum Gasteiger partial charge on any atom is 0.573 e. The van der Waals surface area contributed by atoms with E-state index >= 15 is 0 Å². The predicted octanol–water partition coefficient (Wildman–Crippen LogP) is 3.52. The molecule has 0 aliphatic heterocycles. The second-order valence-corrected chi connectivity index (χ2v) is 3.76. The highest BCUT2D eigenvalue weighted by molar-refractivity contribution is 9.10. The molecule has 0 unspecified atom stereocenters. The minimum atomic E-state index is -4.76. The van der Waals surface area contributed by atoms with Gasteiger partial charge in [-0.15, -0.1) is 13.2 Å². The number of halogens is 4. The SMILES string of the molecule is CCOC(=O)c1ccc(OC(F)(F)F)cc1Br. The predicted molar refractivity (Wildman–Crippen MR) is 56.8 cm³/mol. The number of alkyl halides is 3. The number of rotatable bonds is 3. The quantitative estimate of drug-likeness (QED) is 0.801. The molecule has 0 radical (unpaired) electrons. The van der Waals surface area contributed by atoms with E-state index in [9.17, 15) is 18.0 Å². The van der Waals surface area contributed by atoms with Gasteiger partial charge in [-0.3, -0.25) is 0 Å². The first-order valence-electron chi connectivity index (χ1n) is 4.56. The van der Waals surface area contributed by atoms with Crippen molar-refractivity contribution in [2.45, 2.75) is 13.3 Å².